The molecular weight excluding hydrogens is 642 g/mol. The lowest BCUT2D eigenvalue weighted by Gasteiger charge is -2.43. The van der Waals surface area contributed by atoms with Crippen LogP contribution in [-0.2, 0) is 10.1 Å². The summed E-state index contributed by atoms with van der Waals surface area (Å²) in [5.74, 6) is -60.5. The maximum absolute atomic E-state index is 13.5. The van der Waals surface area contributed by atoms with Crippen LogP contribution in [0, 0.1) is 0 Å². The van der Waals surface area contributed by atoms with Crippen molar-refractivity contribution >= 4 is 10.1 Å². The largest absolute Gasteiger partial charge is 0.438 e. The molecule has 2 N–H and O–H groups in total. The summed E-state index contributed by atoms with van der Waals surface area (Å²) in [5.41, 5.74) is 0. The van der Waals surface area contributed by atoms with Crippen molar-refractivity contribution in [2.24, 2.45) is 0 Å². The molecule has 0 aliphatic heterocycles. The van der Waals surface area contributed by atoms with E-state index in [9.17, 15) is 96.2 Å². The third kappa shape index (κ3) is 6.37. The Morgan fingerprint density at radius 2 is 0.846 bits per heavy atom. The first-order chi connectivity index (χ1) is 16.5. The molecule has 4 nitrogen and oxygen atoms in total. The summed E-state index contributed by atoms with van der Waals surface area (Å²) in [6.45, 7) is 0. The molecule has 0 bridgehead atoms. The Morgan fingerprint density at radius 1 is 0.590 bits per heavy atom. The lowest BCUT2D eigenvalue weighted by molar-refractivity contribution is -0.451. The number of halogens is 20. The molecule has 0 radical (unpaired) electrons. The van der Waals surface area contributed by atoms with Crippen molar-refractivity contribution in [1.29, 1.82) is 0 Å². The number of rotatable bonds is 11. The second kappa shape index (κ2) is 11.0. The first-order valence-electron chi connectivity index (χ1n) is 8.83. The molecule has 238 valence electrons. The van der Waals surface area contributed by atoms with Gasteiger partial charge in [-0.1, -0.05) is 0 Å². The molecule has 25 heteroatoms. The van der Waals surface area contributed by atoms with Crippen molar-refractivity contribution in [3.63, 3.8) is 0 Å². The molecule has 0 aromatic carbocycles. The highest BCUT2D eigenvalue weighted by atomic mass is 32.2. The molecule has 0 saturated heterocycles. The van der Waals surface area contributed by atoms with E-state index in [2.05, 4.69) is 5.32 Å². The van der Waals surface area contributed by atoms with E-state index in [1.165, 1.54) is 0 Å². The van der Waals surface area contributed by atoms with E-state index >= 15 is 0 Å². The Hall–Kier alpha value is -1.53. The lowest BCUT2D eigenvalue weighted by atomic mass is 9.87. The highest BCUT2D eigenvalue weighted by molar-refractivity contribution is 7.87. The van der Waals surface area contributed by atoms with E-state index in [0.717, 1.165) is 0 Å². The van der Waals surface area contributed by atoms with Crippen LogP contribution in [0.5, 0.6) is 0 Å². The van der Waals surface area contributed by atoms with Crippen LogP contribution in [0.4, 0.5) is 87.8 Å². The van der Waals surface area contributed by atoms with Gasteiger partial charge in [0.05, 0.1) is 0 Å². The van der Waals surface area contributed by atoms with E-state index in [-0.39, 0.29) is 0 Å². The summed E-state index contributed by atoms with van der Waals surface area (Å²) in [6.07, 6.45) is -16.8. The van der Waals surface area contributed by atoms with Crippen molar-refractivity contribution < 1.29 is 101 Å². The predicted molar refractivity (Wildman–Crippen MR) is 86.3 cm³/mol. The highest BCUT2D eigenvalue weighted by Gasteiger charge is 2.96. The van der Waals surface area contributed by atoms with E-state index in [4.69, 9.17) is 4.55 Å². The van der Waals surface area contributed by atoms with Gasteiger partial charge in [0.25, 0.3) is 0 Å². The van der Waals surface area contributed by atoms with Crippen molar-refractivity contribution in [2.45, 2.75) is 71.9 Å². The maximum atomic E-state index is 13.5. The van der Waals surface area contributed by atoms with Gasteiger partial charge in [0.2, 0.25) is 0 Å². The number of nitrogens with one attached hydrogen (secondary N) is 1. The molecule has 0 spiro atoms. The van der Waals surface area contributed by atoms with Gasteiger partial charge in [0, 0.05) is 6.42 Å². The summed E-state index contributed by atoms with van der Waals surface area (Å²) < 4.78 is 290. The van der Waals surface area contributed by atoms with E-state index < -0.39 is 82.0 Å². The van der Waals surface area contributed by atoms with Gasteiger partial charge in [0.15, 0.2) is 6.17 Å². The lowest BCUT2D eigenvalue weighted by Crippen LogP contribution is -2.75. The van der Waals surface area contributed by atoms with Crippen LogP contribution in [0.2, 0.25) is 0 Å². The van der Waals surface area contributed by atoms with Crippen LogP contribution in [0.15, 0.2) is 0 Å². The SMILES string of the molecule is CNC.O=S(=O)(O)C(F)(F)C(F)(F)C(F)(F)C(F)(F)C(F)(F)C(F)(F)C(F)(F)C(F)(F)C(F)CCC(F)(F)F. The van der Waals surface area contributed by atoms with Gasteiger partial charge in [-0.3, -0.25) is 4.55 Å². The fourth-order valence-corrected chi connectivity index (χ4v) is 2.46. The Bertz CT molecular complexity index is 928. The molecule has 0 aromatic heterocycles. The minimum absolute atomic E-state index is 1.88. The zero-order chi connectivity index (χ0) is 32.7. The second-order valence-electron chi connectivity index (χ2n) is 7.18. The molecule has 0 saturated carbocycles. The number of hydrogen-bond donors (Lipinski definition) is 2. The monoisotopic (exact) mass is 655 g/mol. The maximum Gasteiger partial charge on any atom is 0.438 e. The van der Waals surface area contributed by atoms with Crippen LogP contribution in [0.3, 0.4) is 0 Å². The van der Waals surface area contributed by atoms with Crippen molar-refractivity contribution in [2.75, 3.05) is 14.1 Å². The van der Waals surface area contributed by atoms with Gasteiger partial charge in [-0.2, -0.15) is 91.8 Å². The van der Waals surface area contributed by atoms with Crippen LogP contribution in [0.1, 0.15) is 12.8 Å². The first kappa shape index (κ1) is 39.6. The molecule has 0 fully saturated rings. The molecule has 0 aromatic rings. The van der Waals surface area contributed by atoms with Gasteiger partial charge >= 0.3 is 63.0 Å². The zero-order valence-electron chi connectivity index (χ0n) is 18.2. The molecule has 0 rings (SSSR count). The molecule has 0 aliphatic rings. The van der Waals surface area contributed by atoms with E-state index in [1.807, 2.05) is 14.1 Å². The quantitative estimate of drug-likeness (QED) is 0.199. The highest BCUT2D eigenvalue weighted by Crippen LogP contribution is 2.64. The summed E-state index contributed by atoms with van der Waals surface area (Å²) in [7, 11) is -4.25. The Morgan fingerprint density at radius 3 is 1.10 bits per heavy atom. The van der Waals surface area contributed by atoms with E-state index in [0.29, 0.717) is 0 Å². The Kier molecular flexibility index (Phi) is 11.2. The van der Waals surface area contributed by atoms with Gasteiger partial charge < -0.3 is 5.32 Å². The molecule has 0 heterocycles. The summed E-state index contributed by atoms with van der Waals surface area (Å²) in [6, 6.07) is 0. The number of alkyl halides is 20. The minimum atomic E-state index is -9.06. The van der Waals surface area contributed by atoms with Crippen molar-refractivity contribution in [3.05, 3.63) is 0 Å². The van der Waals surface area contributed by atoms with Crippen molar-refractivity contribution in [3.8, 4) is 0 Å². The van der Waals surface area contributed by atoms with Crippen LogP contribution < -0.4 is 5.32 Å². The zero-order valence-corrected chi connectivity index (χ0v) is 19.0. The fraction of sp³-hybridized carbons (Fsp3) is 1.00. The Labute approximate surface area is 203 Å². The third-order valence-corrected chi connectivity index (χ3v) is 5.06. The first-order valence-corrected chi connectivity index (χ1v) is 10.3. The van der Waals surface area contributed by atoms with Gasteiger partial charge in [-0.25, -0.2) is 4.39 Å². The summed E-state index contributed by atoms with van der Waals surface area (Å²) in [5, 5.41) is -5.20. The third-order valence-electron chi connectivity index (χ3n) is 4.15. The van der Waals surface area contributed by atoms with Crippen LogP contribution in [0.25, 0.3) is 0 Å². The molecule has 0 aliphatic carbocycles. The molecule has 39 heavy (non-hydrogen) atoms. The van der Waals surface area contributed by atoms with Crippen molar-refractivity contribution in [1.82, 2.24) is 5.32 Å². The van der Waals surface area contributed by atoms with Crippen LogP contribution >= 0.6 is 0 Å². The topological polar surface area (TPSA) is 66.4 Å². The van der Waals surface area contributed by atoms with Gasteiger partial charge in [0.1, 0.15) is 0 Å². The fourth-order valence-electron chi connectivity index (χ4n) is 2.01. The smallest absolute Gasteiger partial charge is 0.323 e. The average molecular weight is 655 g/mol. The minimum Gasteiger partial charge on any atom is -0.323 e. The molecule has 1 atom stereocenters. The predicted octanol–water partition coefficient (Wildman–Crippen LogP) is 6.43. The normalized spacial score (nSPS) is 16.5. The second-order valence-corrected chi connectivity index (χ2v) is 8.65. The standard InChI is InChI=1S/C12H6F20O3S.C2H7N/c13-3(1-2-4(14,15)16)5(17,18)6(19,20)7(21,22)8(23,24)9(25,26)10(27,28)11(29,30)12(31,32)36(33,34)35;1-3-2/h3H,1-2H2,(H,33,34,35);3H,1-2H3. The summed E-state index contributed by atoms with van der Waals surface area (Å²) >= 11 is 0. The Balaban J connectivity index is 0. The molecule has 0 amide bonds. The van der Waals surface area contributed by atoms with Gasteiger partial charge in [-0.05, 0) is 20.5 Å². The number of hydrogen-bond acceptors (Lipinski definition) is 3. The van der Waals surface area contributed by atoms with Gasteiger partial charge in [-0.15, -0.1) is 0 Å². The average Bonchev–Trinajstić information content (AvgIpc) is 2.69. The summed E-state index contributed by atoms with van der Waals surface area (Å²) in [4.78, 5) is 0. The molecule has 1 unspecified atom stereocenters. The van der Waals surface area contributed by atoms with E-state index in [1.54, 1.807) is 0 Å². The molecular formula is C14H13F20NO3S. The van der Waals surface area contributed by atoms with Crippen LogP contribution in [-0.4, -0.2) is 86.1 Å².